The first-order chi connectivity index (χ1) is 11.6. The minimum atomic E-state index is -0.442. The molecule has 1 amide bonds. The fraction of sp³-hybridized carbons (Fsp3) is 0.556. The Bertz CT molecular complexity index is 678. The molecular weight excluding hydrogens is 306 g/mol. The van der Waals surface area contributed by atoms with E-state index in [0.717, 1.165) is 19.3 Å². The topological polar surface area (TPSA) is 84.6 Å². The van der Waals surface area contributed by atoms with Gasteiger partial charge in [0.1, 0.15) is 0 Å². The van der Waals surface area contributed by atoms with Crippen molar-refractivity contribution in [3.8, 4) is 0 Å². The lowest BCUT2D eigenvalue weighted by atomic mass is 9.49. The molecule has 1 aromatic rings. The maximum Gasteiger partial charge on any atom is 0.278 e. The second kappa shape index (κ2) is 5.69. The molecule has 5 rings (SSSR count). The molecule has 0 aromatic heterocycles. The fourth-order valence-electron chi connectivity index (χ4n) is 5.43. The maximum absolute atomic E-state index is 12.7. The average Bonchev–Trinajstić information content (AvgIpc) is 2.53. The van der Waals surface area contributed by atoms with E-state index >= 15 is 0 Å². The van der Waals surface area contributed by atoms with Gasteiger partial charge < -0.3 is 0 Å². The summed E-state index contributed by atoms with van der Waals surface area (Å²) in [6.45, 7) is 0. The number of nitrogens with one attached hydrogen (secondary N) is 1. The van der Waals surface area contributed by atoms with Crippen LogP contribution in [0.4, 0.5) is 5.69 Å². The Kier molecular flexibility index (Phi) is 3.62. The summed E-state index contributed by atoms with van der Waals surface area (Å²) in [4.78, 5) is 23.3. The van der Waals surface area contributed by atoms with Crippen molar-refractivity contribution >= 4 is 17.8 Å². The number of nitro benzene ring substituents is 1. The Hall–Kier alpha value is -2.24. The van der Waals surface area contributed by atoms with Crippen molar-refractivity contribution in [2.75, 3.05) is 0 Å². The number of nitrogens with zero attached hydrogens (tertiary/aromatic N) is 2. The molecule has 0 heterocycles. The number of nitro groups is 1. The molecule has 24 heavy (non-hydrogen) atoms. The number of hydrogen-bond acceptors (Lipinski definition) is 4. The number of benzene rings is 1. The standard InChI is InChI=1S/C18H21N3O3/c22-17(18-8-12-5-13(9-18)7-14(6-12)10-18)20-19-11-15-3-1-2-4-16(15)21(23)24/h1-4,11-14H,5-10H2,(H,20,22)/b19-11+. The predicted molar refractivity (Wildman–Crippen MR) is 89.4 cm³/mol. The van der Waals surface area contributed by atoms with Crippen LogP contribution in [-0.2, 0) is 4.79 Å². The first-order valence-electron chi connectivity index (χ1n) is 8.63. The molecule has 6 nitrogen and oxygen atoms in total. The Morgan fingerprint density at radius 3 is 2.33 bits per heavy atom. The van der Waals surface area contributed by atoms with E-state index in [-0.39, 0.29) is 17.0 Å². The normalized spacial score (nSPS) is 33.8. The van der Waals surface area contributed by atoms with E-state index in [0.29, 0.717) is 23.3 Å². The third-order valence-corrected chi connectivity index (χ3v) is 6.02. The molecule has 0 unspecified atom stereocenters. The summed E-state index contributed by atoms with van der Waals surface area (Å²) in [6, 6.07) is 6.39. The van der Waals surface area contributed by atoms with Crippen LogP contribution in [-0.4, -0.2) is 17.0 Å². The molecule has 0 spiro atoms. The highest BCUT2D eigenvalue weighted by Gasteiger charge is 2.54. The number of amides is 1. The van der Waals surface area contributed by atoms with Crippen LogP contribution in [0.25, 0.3) is 0 Å². The van der Waals surface area contributed by atoms with Crippen molar-refractivity contribution in [3.63, 3.8) is 0 Å². The highest BCUT2D eigenvalue weighted by Crippen LogP contribution is 2.60. The van der Waals surface area contributed by atoms with Gasteiger partial charge in [0.25, 0.3) is 5.69 Å². The lowest BCUT2D eigenvalue weighted by Crippen LogP contribution is -2.52. The predicted octanol–water partition coefficient (Wildman–Crippen LogP) is 3.26. The van der Waals surface area contributed by atoms with Crippen LogP contribution in [0.1, 0.15) is 44.1 Å². The number of carbonyl (C=O) groups excluding carboxylic acids is 1. The summed E-state index contributed by atoms with van der Waals surface area (Å²) in [5, 5.41) is 15.0. The highest BCUT2D eigenvalue weighted by molar-refractivity contribution is 5.88. The van der Waals surface area contributed by atoms with Crippen LogP contribution < -0.4 is 5.43 Å². The molecular formula is C18H21N3O3. The van der Waals surface area contributed by atoms with Gasteiger partial charge in [0.2, 0.25) is 5.91 Å². The first-order valence-corrected chi connectivity index (χ1v) is 8.63. The number of hydrazone groups is 1. The number of para-hydroxylation sites is 1. The number of hydrogen-bond donors (Lipinski definition) is 1. The minimum absolute atomic E-state index is 0.00330. The van der Waals surface area contributed by atoms with Crippen molar-refractivity contribution in [2.45, 2.75) is 38.5 Å². The SMILES string of the molecule is O=C(N/N=C/c1ccccc1[N+](=O)[O-])C12CC3CC(CC(C3)C1)C2. The van der Waals surface area contributed by atoms with Crippen LogP contribution in [0.3, 0.4) is 0 Å². The zero-order chi connectivity index (χ0) is 16.7. The van der Waals surface area contributed by atoms with Gasteiger partial charge in [-0.05, 0) is 62.3 Å². The second-order valence-electron chi connectivity index (χ2n) is 7.71. The fourth-order valence-corrected chi connectivity index (χ4v) is 5.43. The van der Waals surface area contributed by atoms with Gasteiger partial charge in [0.15, 0.2) is 0 Å². The van der Waals surface area contributed by atoms with Crippen molar-refractivity contribution in [3.05, 3.63) is 39.9 Å². The molecule has 6 heteroatoms. The van der Waals surface area contributed by atoms with Gasteiger partial charge in [-0.15, -0.1) is 0 Å². The molecule has 0 atom stereocenters. The Labute approximate surface area is 140 Å². The van der Waals surface area contributed by atoms with Gasteiger partial charge in [-0.3, -0.25) is 14.9 Å². The summed E-state index contributed by atoms with van der Waals surface area (Å²) in [5.41, 5.74) is 2.79. The van der Waals surface area contributed by atoms with Crippen LogP contribution in [0.2, 0.25) is 0 Å². The smallest absolute Gasteiger partial charge is 0.273 e. The quantitative estimate of drug-likeness (QED) is 0.523. The van der Waals surface area contributed by atoms with Gasteiger partial charge in [-0.1, -0.05) is 12.1 Å². The minimum Gasteiger partial charge on any atom is -0.273 e. The Morgan fingerprint density at radius 1 is 1.17 bits per heavy atom. The van der Waals surface area contributed by atoms with Crippen molar-refractivity contribution < 1.29 is 9.72 Å². The molecule has 126 valence electrons. The lowest BCUT2D eigenvalue weighted by molar-refractivity contribution is -0.385. The molecule has 4 bridgehead atoms. The van der Waals surface area contributed by atoms with Gasteiger partial charge >= 0.3 is 0 Å². The van der Waals surface area contributed by atoms with Crippen LogP contribution in [0, 0.1) is 33.3 Å². The van der Waals surface area contributed by atoms with Crippen LogP contribution >= 0.6 is 0 Å². The zero-order valence-corrected chi connectivity index (χ0v) is 13.5. The summed E-state index contributed by atoms with van der Waals surface area (Å²) in [5.74, 6) is 2.08. The lowest BCUT2D eigenvalue weighted by Gasteiger charge is -2.55. The van der Waals surface area contributed by atoms with Crippen LogP contribution in [0.5, 0.6) is 0 Å². The second-order valence-corrected chi connectivity index (χ2v) is 7.71. The molecule has 4 aliphatic rings. The number of carbonyl (C=O) groups is 1. The van der Waals surface area contributed by atoms with E-state index in [9.17, 15) is 14.9 Å². The van der Waals surface area contributed by atoms with E-state index in [1.165, 1.54) is 31.5 Å². The van der Waals surface area contributed by atoms with Gasteiger partial charge in [-0.25, -0.2) is 5.43 Å². The van der Waals surface area contributed by atoms with Crippen molar-refractivity contribution in [1.82, 2.24) is 5.43 Å². The molecule has 4 aliphatic carbocycles. The van der Waals surface area contributed by atoms with Gasteiger partial charge in [0, 0.05) is 6.07 Å². The average molecular weight is 327 g/mol. The molecule has 0 aliphatic heterocycles. The molecule has 4 fully saturated rings. The summed E-state index contributed by atoms with van der Waals surface area (Å²) in [7, 11) is 0. The summed E-state index contributed by atoms with van der Waals surface area (Å²) < 4.78 is 0. The van der Waals surface area contributed by atoms with Crippen molar-refractivity contribution in [1.29, 1.82) is 0 Å². The zero-order valence-electron chi connectivity index (χ0n) is 13.5. The first kappa shape index (κ1) is 15.3. The van der Waals surface area contributed by atoms with E-state index in [1.54, 1.807) is 18.2 Å². The third kappa shape index (κ3) is 2.60. The summed E-state index contributed by atoms with van der Waals surface area (Å²) in [6.07, 6.45) is 8.16. The molecule has 1 N–H and O–H groups in total. The van der Waals surface area contributed by atoms with E-state index < -0.39 is 4.92 Å². The number of rotatable bonds is 4. The molecule has 0 radical (unpaired) electrons. The monoisotopic (exact) mass is 327 g/mol. The van der Waals surface area contributed by atoms with E-state index in [1.807, 2.05) is 0 Å². The van der Waals surface area contributed by atoms with Crippen molar-refractivity contribution in [2.24, 2.45) is 28.3 Å². The van der Waals surface area contributed by atoms with E-state index in [4.69, 9.17) is 0 Å². The van der Waals surface area contributed by atoms with Crippen LogP contribution in [0.15, 0.2) is 29.4 Å². The molecule has 1 aromatic carbocycles. The third-order valence-electron chi connectivity index (χ3n) is 6.02. The van der Waals surface area contributed by atoms with Gasteiger partial charge in [0.05, 0.1) is 22.1 Å². The van der Waals surface area contributed by atoms with Gasteiger partial charge in [-0.2, -0.15) is 5.10 Å². The molecule has 0 saturated heterocycles. The Balaban J connectivity index is 1.47. The largest absolute Gasteiger partial charge is 0.278 e. The van der Waals surface area contributed by atoms with E-state index in [2.05, 4.69) is 10.5 Å². The summed E-state index contributed by atoms with van der Waals surface area (Å²) >= 11 is 0. The highest BCUT2D eigenvalue weighted by atomic mass is 16.6. The molecule has 4 saturated carbocycles. The Morgan fingerprint density at radius 2 is 1.75 bits per heavy atom. The maximum atomic E-state index is 12.7.